The van der Waals surface area contributed by atoms with Crippen LogP contribution in [0.3, 0.4) is 0 Å². The zero-order chi connectivity index (χ0) is 15.6. The molecule has 3 nitrogen and oxygen atoms in total. The molecular weight excluding hydrogens is 281 g/mol. The van der Waals surface area contributed by atoms with Crippen molar-refractivity contribution in [1.29, 1.82) is 0 Å². The van der Waals surface area contributed by atoms with Gasteiger partial charge in [0.25, 0.3) is 5.91 Å². The lowest BCUT2D eigenvalue weighted by atomic mass is 10.1. The van der Waals surface area contributed by atoms with Crippen molar-refractivity contribution in [3.63, 3.8) is 0 Å². The lowest BCUT2D eigenvalue weighted by Crippen LogP contribution is -2.31. The number of benzene rings is 2. The van der Waals surface area contributed by atoms with Crippen molar-refractivity contribution in [3.8, 4) is 0 Å². The van der Waals surface area contributed by atoms with Gasteiger partial charge in [0.05, 0.1) is 11.3 Å². The molecule has 0 bridgehead atoms. The molecule has 0 saturated heterocycles. The first-order valence-electron chi connectivity index (χ1n) is 6.26. The van der Waals surface area contributed by atoms with Crippen LogP contribution in [0.5, 0.6) is 0 Å². The fourth-order valence-electron chi connectivity index (χ4n) is 1.94. The number of hydrogen-bond donors (Lipinski definition) is 1. The predicted molar refractivity (Wildman–Crippen MR) is 74.5 cm³/mol. The molecule has 0 saturated carbocycles. The molecule has 2 aromatic rings. The van der Waals surface area contributed by atoms with E-state index in [9.17, 15) is 18.0 Å². The zero-order valence-electron chi connectivity index (χ0n) is 11.2. The number of nitrogen functional groups attached to an aromatic ring is 1. The molecule has 0 aliphatic heterocycles. The summed E-state index contributed by atoms with van der Waals surface area (Å²) in [6, 6.07) is 6.73. The van der Waals surface area contributed by atoms with Gasteiger partial charge in [0.15, 0.2) is 0 Å². The molecular formula is C15H13F3N2O. The van der Waals surface area contributed by atoms with Crippen LogP contribution in [0, 0.1) is 17.5 Å². The number of hydrogen-bond acceptors (Lipinski definition) is 2. The summed E-state index contributed by atoms with van der Waals surface area (Å²) in [6.07, 6.45) is 0. The summed E-state index contributed by atoms with van der Waals surface area (Å²) in [5.41, 5.74) is 5.13. The van der Waals surface area contributed by atoms with Crippen LogP contribution in [0.4, 0.5) is 24.5 Å². The monoisotopic (exact) mass is 294 g/mol. The van der Waals surface area contributed by atoms with Gasteiger partial charge in [-0.15, -0.1) is 0 Å². The third-order valence-corrected chi connectivity index (χ3v) is 3.02. The lowest BCUT2D eigenvalue weighted by Gasteiger charge is -2.21. The predicted octanol–water partition coefficient (Wildman–Crippen LogP) is 3.35. The Labute approximate surface area is 119 Å². The highest BCUT2D eigenvalue weighted by Gasteiger charge is 2.21. The number of halogens is 3. The van der Waals surface area contributed by atoms with E-state index in [4.69, 9.17) is 5.73 Å². The highest BCUT2D eigenvalue weighted by atomic mass is 19.1. The second-order valence-corrected chi connectivity index (χ2v) is 4.38. The summed E-state index contributed by atoms with van der Waals surface area (Å²) >= 11 is 0. The average molecular weight is 294 g/mol. The summed E-state index contributed by atoms with van der Waals surface area (Å²) in [4.78, 5) is 13.6. The first kappa shape index (κ1) is 14.9. The first-order valence-corrected chi connectivity index (χ1v) is 6.26. The van der Waals surface area contributed by atoms with Crippen LogP contribution in [0.25, 0.3) is 0 Å². The lowest BCUT2D eigenvalue weighted by molar-refractivity contribution is 0.0984. The van der Waals surface area contributed by atoms with Crippen LogP contribution < -0.4 is 10.6 Å². The fraction of sp³-hybridized carbons (Fsp3) is 0.133. The van der Waals surface area contributed by atoms with Gasteiger partial charge >= 0.3 is 0 Å². The summed E-state index contributed by atoms with van der Waals surface area (Å²) in [7, 11) is 0. The number of rotatable bonds is 3. The van der Waals surface area contributed by atoms with E-state index in [2.05, 4.69) is 0 Å². The van der Waals surface area contributed by atoms with Crippen LogP contribution in [-0.4, -0.2) is 12.5 Å². The molecule has 0 radical (unpaired) electrons. The van der Waals surface area contributed by atoms with E-state index in [1.165, 1.54) is 29.2 Å². The van der Waals surface area contributed by atoms with Gasteiger partial charge in [0.2, 0.25) is 0 Å². The Balaban J connectivity index is 2.41. The van der Waals surface area contributed by atoms with E-state index in [1.807, 2.05) is 0 Å². The minimum atomic E-state index is -0.993. The Morgan fingerprint density at radius 1 is 1.10 bits per heavy atom. The Kier molecular flexibility index (Phi) is 4.16. The molecule has 0 unspecified atom stereocenters. The molecule has 21 heavy (non-hydrogen) atoms. The van der Waals surface area contributed by atoms with Gasteiger partial charge in [0, 0.05) is 18.3 Å². The van der Waals surface area contributed by atoms with Gasteiger partial charge in [-0.1, -0.05) is 0 Å². The highest BCUT2D eigenvalue weighted by Crippen LogP contribution is 2.22. The van der Waals surface area contributed by atoms with Crippen molar-refractivity contribution in [1.82, 2.24) is 0 Å². The first-order chi connectivity index (χ1) is 9.93. The van der Waals surface area contributed by atoms with Crippen LogP contribution >= 0.6 is 0 Å². The molecule has 1 amide bonds. The molecule has 0 heterocycles. The van der Waals surface area contributed by atoms with Gasteiger partial charge in [-0.05, 0) is 37.3 Å². The number of nitrogens with two attached hydrogens (primary N) is 1. The highest BCUT2D eigenvalue weighted by molar-refractivity contribution is 6.06. The number of amides is 1. The molecule has 0 aliphatic carbocycles. The van der Waals surface area contributed by atoms with E-state index >= 15 is 0 Å². The molecule has 6 heteroatoms. The quantitative estimate of drug-likeness (QED) is 0.882. The molecule has 0 aromatic heterocycles. The Morgan fingerprint density at radius 3 is 2.29 bits per heavy atom. The number of carbonyl (C=O) groups excluding carboxylic acids is 1. The van der Waals surface area contributed by atoms with E-state index in [0.717, 1.165) is 6.07 Å². The maximum atomic E-state index is 13.8. The van der Waals surface area contributed by atoms with Crippen LogP contribution in [0.15, 0.2) is 36.4 Å². The van der Waals surface area contributed by atoms with Gasteiger partial charge in [0.1, 0.15) is 17.5 Å². The van der Waals surface area contributed by atoms with E-state index < -0.39 is 23.4 Å². The molecule has 0 spiro atoms. The number of anilines is 2. The number of carbonyl (C=O) groups is 1. The standard InChI is InChI=1S/C15H13F3N2O/c1-2-20(10-5-3-9(16)4-6-10)15(21)11-7-14(19)13(18)8-12(11)17/h3-8H,2,19H2,1H3. The number of nitrogens with zero attached hydrogens (tertiary/aromatic N) is 1. The Hall–Kier alpha value is -2.50. The minimum Gasteiger partial charge on any atom is -0.396 e. The summed E-state index contributed by atoms with van der Waals surface area (Å²) in [5, 5.41) is 0. The smallest absolute Gasteiger partial charge is 0.261 e. The second-order valence-electron chi connectivity index (χ2n) is 4.38. The molecule has 2 rings (SSSR count). The van der Waals surface area contributed by atoms with Crippen LogP contribution in [0.1, 0.15) is 17.3 Å². The van der Waals surface area contributed by atoms with E-state index in [0.29, 0.717) is 11.8 Å². The molecule has 0 fully saturated rings. The van der Waals surface area contributed by atoms with E-state index in [-0.39, 0.29) is 17.8 Å². The van der Waals surface area contributed by atoms with Crippen molar-refractivity contribution in [2.75, 3.05) is 17.2 Å². The zero-order valence-corrected chi connectivity index (χ0v) is 11.2. The van der Waals surface area contributed by atoms with Crippen molar-refractivity contribution < 1.29 is 18.0 Å². The third kappa shape index (κ3) is 2.99. The fourth-order valence-corrected chi connectivity index (χ4v) is 1.94. The SMILES string of the molecule is CCN(C(=O)c1cc(N)c(F)cc1F)c1ccc(F)cc1. The van der Waals surface area contributed by atoms with Crippen molar-refractivity contribution >= 4 is 17.3 Å². The Bertz CT molecular complexity index is 671. The normalized spacial score (nSPS) is 10.5. The van der Waals surface area contributed by atoms with E-state index in [1.54, 1.807) is 6.92 Å². The van der Waals surface area contributed by atoms with Gasteiger partial charge in [-0.25, -0.2) is 13.2 Å². The maximum Gasteiger partial charge on any atom is 0.261 e. The van der Waals surface area contributed by atoms with Crippen molar-refractivity contribution in [2.45, 2.75) is 6.92 Å². The van der Waals surface area contributed by atoms with Crippen LogP contribution in [0.2, 0.25) is 0 Å². The minimum absolute atomic E-state index is 0.237. The summed E-state index contributed by atoms with van der Waals surface area (Å²) < 4.78 is 39.8. The molecule has 2 N–H and O–H groups in total. The van der Waals surface area contributed by atoms with Crippen LogP contribution in [-0.2, 0) is 0 Å². The molecule has 110 valence electrons. The second kappa shape index (κ2) is 5.87. The maximum absolute atomic E-state index is 13.8. The molecule has 0 atom stereocenters. The van der Waals surface area contributed by atoms with Gasteiger partial charge in [-0.3, -0.25) is 4.79 Å². The van der Waals surface area contributed by atoms with Gasteiger partial charge in [-0.2, -0.15) is 0 Å². The third-order valence-electron chi connectivity index (χ3n) is 3.02. The van der Waals surface area contributed by atoms with Crippen molar-refractivity contribution in [3.05, 3.63) is 59.4 Å². The largest absolute Gasteiger partial charge is 0.396 e. The average Bonchev–Trinajstić information content (AvgIpc) is 2.45. The topological polar surface area (TPSA) is 46.3 Å². The Morgan fingerprint density at radius 2 is 1.71 bits per heavy atom. The van der Waals surface area contributed by atoms with Gasteiger partial charge < -0.3 is 10.6 Å². The summed E-state index contributed by atoms with van der Waals surface area (Å²) in [5.74, 6) is -3.03. The van der Waals surface area contributed by atoms with Crippen molar-refractivity contribution in [2.24, 2.45) is 0 Å². The molecule has 2 aromatic carbocycles. The molecule has 0 aliphatic rings. The summed E-state index contributed by atoms with van der Waals surface area (Å²) in [6.45, 7) is 1.92.